The maximum Gasteiger partial charge on any atom is 0.330 e. The Labute approximate surface area is 122 Å². The molecule has 0 bridgehead atoms. The first-order chi connectivity index (χ1) is 8.76. The van der Waals surface area contributed by atoms with Gasteiger partial charge in [0.2, 0.25) is 10.0 Å². The van der Waals surface area contributed by atoms with Crippen LogP contribution in [0, 0.1) is 0 Å². The van der Waals surface area contributed by atoms with Crippen LogP contribution in [0.3, 0.4) is 0 Å². The number of hydrogen-bond donors (Lipinski definition) is 1. The number of aryl methyl sites for hydroxylation is 1. The smallest absolute Gasteiger partial charge is 0.313 e. The fourth-order valence-corrected chi connectivity index (χ4v) is 3.33. The summed E-state index contributed by atoms with van der Waals surface area (Å²) in [6.07, 6.45) is 1.07. The highest BCUT2D eigenvalue weighted by molar-refractivity contribution is 7.89. The van der Waals surface area contributed by atoms with Crippen molar-refractivity contribution in [3.8, 4) is 0 Å². The van der Waals surface area contributed by atoms with E-state index in [1.165, 1.54) is 25.4 Å². The van der Waals surface area contributed by atoms with Gasteiger partial charge in [0, 0.05) is 46.5 Å². The predicted molar refractivity (Wildman–Crippen MR) is 75.8 cm³/mol. The van der Waals surface area contributed by atoms with Gasteiger partial charge in [-0.3, -0.25) is 9.36 Å². The Morgan fingerprint density at radius 1 is 1.30 bits per heavy atom. The maximum atomic E-state index is 12.4. The molecule has 1 N–H and O–H groups in total. The van der Waals surface area contributed by atoms with Crippen LogP contribution in [0.5, 0.6) is 0 Å². The van der Waals surface area contributed by atoms with E-state index in [-0.39, 0.29) is 23.3 Å². The number of nitrogens with one attached hydrogen (secondary N) is 1. The van der Waals surface area contributed by atoms with Crippen molar-refractivity contribution in [1.29, 1.82) is 0 Å². The second kappa shape index (κ2) is 5.68. The molecule has 2 heterocycles. The molecule has 1 aliphatic heterocycles. The zero-order valence-electron chi connectivity index (χ0n) is 11.4. The predicted octanol–water partition coefficient (Wildman–Crippen LogP) is -1.90. The molecule has 20 heavy (non-hydrogen) atoms. The van der Waals surface area contributed by atoms with Crippen LogP contribution in [-0.4, -0.2) is 48.0 Å². The molecule has 0 atom stereocenters. The lowest BCUT2D eigenvalue weighted by atomic mass is 10.2. The van der Waals surface area contributed by atoms with Crippen molar-refractivity contribution in [3.05, 3.63) is 27.0 Å². The van der Waals surface area contributed by atoms with Gasteiger partial charge in [-0.25, -0.2) is 13.2 Å². The highest BCUT2D eigenvalue weighted by atomic mass is 35.5. The number of halogens is 1. The number of sulfonamides is 1. The number of hydrogen-bond acceptors (Lipinski definition) is 5. The van der Waals surface area contributed by atoms with Crippen LogP contribution in [0.4, 0.5) is 0 Å². The lowest BCUT2D eigenvalue weighted by Crippen LogP contribution is -2.58. The standard InChI is InChI=1S/C10H16N4O4S.ClH/c1-12-6-8(9(15)13(2)10(12)16)19(17,18)14(3)7-4-11-5-7;/h6-7,11H,4-5H2,1-3H3;1H. The molecule has 1 fully saturated rings. The van der Waals surface area contributed by atoms with Crippen molar-refractivity contribution in [1.82, 2.24) is 18.8 Å². The molecule has 0 aromatic carbocycles. The van der Waals surface area contributed by atoms with Crippen LogP contribution < -0.4 is 16.6 Å². The maximum absolute atomic E-state index is 12.4. The van der Waals surface area contributed by atoms with E-state index in [4.69, 9.17) is 0 Å². The first kappa shape index (κ1) is 16.9. The number of likely N-dealkylation sites (N-methyl/N-ethyl adjacent to an activating group) is 1. The number of nitrogens with zero attached hydrogens (tertiary/aromatic N) is 3. The van der Waals surface area contributed by atoms with Crippen molar-refractivity contribution in [3.63, 3.8) is 0 Å². The van der Waals surface area contributed by atoms with E-state index in [2.05, 4.69) is 5.32 Å². The van der Waals surface area contributed by atoms with Crippen LogP contribution in [0.15, 0.2) is 20.7 Å². The molecule has 0 spiro atoms. The normalized spacial score (nSPS) is 15.8. The molecule has 2 rings (SSSR count). The van der Waals surface area contributed by atoms with Gasteiger partial charge in [-0.05, 0) is 0 Å². The summed E-state index contributed by atoms with van der Waals surface area (Å²) in [7, 11) is 0.212. The summed E-state index contributed by atoms with van der Waals surface area (Å²) >= 11 is 0. The topological polar surface area (TPSA) is 93.4 Å². The third kappa shape index (κ3) is 2.53. The first-order valence-corrected chi connectivity index (χ1v) is 7.16. The zero-order chi connectivity index (χ0) is 14.4. The minimum absolute atomic E-state index is 0. The molecule has 0 amide bonds. The zero-order valence-corrected chi connectivity index (χ0v) is 13.0. The molecule has 0 unspecified atom stereocenters. The summed E-state index contributed by atoms with van der Waals surface area (Å²) in [5.74, 6) is 0. The first-order valence-electron chi connectivity index (χ1n) is 5.72. The quantitative estimate of drug-likeness (QED) is 0.701. The molecule has 8 nitrogen and oxygen atoms in total. The van der Waals surface area contributed by atoms with Gasteiger partial charge in [-0.15, -0.1) is 12.4 Å². The minimum Gasteiger partial charge on any atom is -0.313 e. The third-order valence-corrected chi connectivity index (χ3v) is 5.24. The lowest BCUT2D eigenvalue weighted by Gasteiger charge is -2.34. The van der Waals surface area contributed by atoms with Gasteiger partial charge in [0.15, 0.2) is 4.90 Å². The van der Waals surface area contributed by atoms with Gasteiger partial charge in [0.1, 0.15) is 0 Å². The molecular formula is C10H17ClN4O4S. The minimum atomic E-state index is -3.89. The highest BCUT2D eigenvalue weighted by Crippen LogP contribution is 2.14. The van der Waals surface area contributed by atoms with Crippen molar-refractivity contribution in [2.75, 3.05) is 20.1 Å². The summed E-state index contributed by atoms with van der Waals surface area (Å²) in [5.41, 5.74) is -1.36. The molecular weight excluding hydrogens is 308 g/mol. The van der Waals surface area contributed by atoms with E-state index in [9.17, 15) is 18.0 Å². The van der Waals surface area contributed by atoms with E-state index in [1.807, 2.05) is 0 Å². The van der Waals surface area contributed by atoms with Gasteiger partial charge in [-0.2, -0.15) is 4.31 Å². The van der Waals surface area contributed by atoms with Gasteiger partial charge in [0.05, 0.1) is 0 Å². The Balaban J connectivity index is 0.00000200. The lowest BCUT2D eigenvalue weighted by molar-refractivity contribution is 0.273. The van der Waals surface area contributed by atoms with Crippen molar-refractivity contribution in [2.45, 2.75) is 10.9 Å². The summed E-state index contributed by atoms with van der Waals surface area (Å²) in [6.45, 7) is 1.11. The Morgan fingerprint density at radius 3 is 2.30 bits per heavy atom. The van der Waals surface area contributed by atoms with Crippen molar-refractivity contribution >= 4 is 22.4 Å². The second-order valence-corrected chi connectivity index (χ2v) is 6.55. The summed E-state index contributed by atoms with van der Waals surface area (Å²) in [4.78, 5) is 23.1. The molecule has 10 heteroatoms. The molecule has 0 aliphatic carbocycles. The average molecular weight is 325 g/mol. The molecule has 1 saturated heterocycles. The van der Waals surface area contributed by atoms with Gasteiger partial charge >= 0.3 is 5.69 Å². The Morgan fingerprint density at radius 2 is 1.85 bits per heavy atom. The van der Waals surface area contributed by atoms with Crippen molar-refractivity contribution in [2.24, 2.45) is 14.1 Å². The summed E-state index contributed by atoms with van der Waals surface area (Å²) in [5, 5.41) is 2.97. The average Bonchev–Trinajstić information content (AvgIpc) is 2.28. The Kier molecular flexibility index (Phi) is 4.80. The fraction of sp³-hybridized carbons (Fsp3) is 0.600. The van der Waals surface area contributed by atoms with E-state index in [0.717, 1.165) is 15.3 Å². The largest absolute Gasteiger partial charge is 0.330 e. The Hall–Kier alpha value is -1.16. The summed E-state index contributed by atoms with van der Waals surface area (Å²) < 4.78 is 27.8. The number of aromatic nitrogens is 2. The number of rotatable bonds is 3. The van der Waals surface area contributed by atoms with E-state index in [1.54, 1.807) is 0 Å². The molecule has 1 aromatic rings. The fourth-order valence-electron chi connectivity index (χ4n) is 1.83. The highest BCUT2D eigenvalue weighted by Gasteiger charge is 2.34. The van der Waals surface area contributed by atoms with Gasteiger partial charge in [-0.1, -0.05) is 0 Å². The van der Waals surface area contributed by atoms with Crippen LogP contribution in [-0.2, 0) is 24.1 Å². The molecule has 0 radical (unpaired) electrons. The Bertz CT molecular complexity index is 720. The molecule has 1 aromatic heterocycles. The molecule has 0 saturated carbocycles. The summed E-state index contributed by atoms with van der Waals surface area (Å²) in [6, 6.07) is -0.160. The molecule has 114 valence electrons. The van der Waals surface area contributed by atoms with Crippen LogP contribution in [0.1, 0.15) is 0 Å². The van der Waals surface area contributed by atoms with Gasteiger partial charge < -0.3 is 9.88 Å². The van der Waals surface area contributed by atoms with Crippen molar-refractivity contribution < 1.29 is 8.42 Å². The van der Waals surface area contributed by atoms with E-state index < -0.39 is 21.3 Å². The van der Waals surface area contributed by atoms with Gasteiger partial charge in [0.25, 0.3) is 5.56 Å². The molecule has 1 aliphatic rings. The van der Waals surface area contributed by atoms with E-state index in [0.29, 0.717) is 13.1 Å². The van der Waals surface area contributed by atoms with Crippen LogP contribution in [0.25, 0.3) is 0 Å². The van der Waals surface area contributed by atoms with Crippen LogP contribution >= 0.6 is 12.4 Å². The van der Waals surface area contributed by atoms with E-state index >= 15 is 0 Å². The van der Waals surface area contributed by atoms with Crippen LogP contribution in [0.2, 0.25) is 0 Å². The second-order valence-electron chi connectivity index (χ2n) is 4.58. The monoisotopic (exact) mass is 324 g/mol. The SMILES string of the molecule is CN(C1CNC1)S(=O)(=O)c1cn(C)c(=O)n(C)c1=O.Cl. The third-order valence-electron chi connectivity index (χ3n) is 3.35.